The number of likely N-dealkylation sites (tertiary alicyclic amines) is 1. The van der Waals surface area contributed by atoms with Crippen molar-refractivity contribution < 1.29 is 28.9 Å². The number of ketones is 1. The van der Waals surface area contributed by atoms with Gasteiger partial charge in [-0.25, -0.2) is 0 Å². The number of nitrogens with one attached hydrogen (secondary N) is 1. The Bertz CT molecular complexity index is 1570. The first-order chi connectivity index (χ1) is 18.4. The van der Waals surface area contributed by atoms with E-state index in [2.05, 4.69) is 4.98 Å². The zero-order chi connectivity index (χ0) is 27.0. The number of methoxy groups -OCH3 is 3. The van der Waals surface area contributed by atoms with Crippen LogP contribution in [0.2, 0.25) is 5.02 Å². The van der Waals surface area contributed by atoms with E-state index >= 15 is 0 Å². The molecule has 1 aromatic heterocycles. The second-order valence-corrected chi connectivity index (χ2v) is 9.16. The van der Waals surface area contributed by atoms with Crippen molar-refractivity contribution in [2.75, 3.05) is 21.3 Å². The number of benzene rings is 3. The molecule has 8 nitrogen and oxygen atoms in total. The number of aliphatic hydroxyl groups is 1. The van der Waals surface area contributed by atoms with Crippen molar-refractivity contribution in [2.24, 2.45) is 0 Å². The molecular weight excluding hydrogens is 508 g/mol. The number of hydrogen-bond donors (Lipinski definition) is 2. The van der Waals surface area contributed by atoms with Crippen LogP contribution in [0.3, 0.4) is 0 Å². The van der Waals surface area contributed by atoms with Crippen molar-refractivity contribution in [1.29, 1.82) is 0 Å². The van der Waals surface area contributed by atoms with Crippen LogP contribution in [0, 0.1) is 0 Å². The molecule has 1 amide bonds. The number of aromatic nitrogens is 1. The first-order valence-corrected chi connectivity index (χ1v) is 12.1. The Balaban J connectivity index is 1.72. The molecule has 38 heavy (non-hydrogen) atoms. The first-order valence-electron chi connectivity index (χ1n) is 11.8. The molecule has 1 saturated heterocycles. The number of aromatic amines is 1. The number of fused-ring (bicyclic) bond motifs is 1. The second-order valence-electron chi connectivity index (χ2n) is 8.75. The Hall–Kier alpha value is -4.43. The maximum absolute atomic E-state index is 13.5. The van der Waals surface area contributed by atoms with Gasteiger partial charge in [-0.05, 0) is 29.8 Å². The van der Waals surface area contributed by atoms with E-state index in [9.17, 15) is 14.7 Å². The highest BCUT2D eigenvalue weighted by molar-refractivity contribution is 6.46. The van der Waals surface area contributed by atoms with Crippen LogP contribution in [0.4, 0.5) is 0 Å². The standard InChI is InChI=1S/C29H25ClN2O6/c1-36-17-10-8-16(9-11-17)15-32-26(20-14-31-22-7-5-4-6-18(20)22)25(28(34)29(32)35)27(33)19-12-24(38-3)21(30)13-23(19)37-2/h4-14,26,31,33H,15H2,1-3H3/b27-25+. The van der Waals surface area contributed by atoms with Gasteiger partial charge in [0.05, 0.1) is 43.5 Å². The highest BCUT2D eigenvalue weighted by Crippen LogP contribution is 2.45. The smallest absolute Gasteiger partial charge is 0.295 e. The molecule has 9 heteroatoms. The number of rotatable bonds is 7. The molecule has 5 rings (SSSR count). The van der Waals surface area contributed by atoms with Crippen LogP contribution in [-0.4, -0.2) is 48.0 Å². The lowest BCUT2D eigenvalue weighted by molar-refractivity contribution is -0.140. The van der Waals surface area contributed by atoms with Crippen LogP contribution >= 0.6 is 11.6 Å². The molecule has 3 aromatic carbocycles. The van der Waals surface area contributed by atoms with E-state index < -0.39 is 17.7 Å². The average molecular weight is 533 g/mol. The maximum Gasteiger partial charge on any atom is 0.295 e. The molecule has 1 fully saturated rings. The van der Waals surface area contributed by atoms with Gasteiger partial charge < -0.3 is 29.2 Å². The number of halogens is 1. The quantitative estimate of drug-likeness (QED) is 0.186. The molecule has 2 heterocycles. The fraction of sp³-hybridized carbons (Fsp3) is 0.172. The molecule has 0 radical (unpaired) electrons. The normalized spacial score (nSPS) is 16.7. The summed E-state index contributed by atoms with van der Waals surface area (Å²) in [5, 5.41) is 12.7. The SMILES string of the molecule is COc1ccc(CN2C(=O)C(=O)/C(=C(/O)c3cc(OC)c(Cl)cc3OC)C2c2c[nH]c3ccccc23)cc1. The lowest BCUT2D eigenvalue weighted by Gasteiger charge is -2.25. The zero-order valence-electron chi connectivity index (χ0n) is 20.9. The molecule has 0 spiro atoms. The van der Waals surface area contributed by atoms with E-state index in [1.807, 2.05) is 36.4 Å². The molecule has 4 aromatic rings. The zero-order valence-corrected chi connectivity index (χ0v) is 21.7. The highest BCUT2D eigenvalue weighted by Gasteiger charge is 2.47. The minimum absolute atomic E-state index is 0.0593. The predicted octanol–water partition coefficient (Wildman–Crippen LogP) is 5.47. The molecule has 1 atom stereocenters. The molecule has 194 valence electrons. The summed E-state index contributed by atoms with van der Waals surface area (Å²) in [7, 11) is 4.44. The van der Waals surface area contributed by atoms with Gasteiger partial charge in [-0.1, -0.05) is 41.9 Å². The number of hydrogen-bond acceptors (Lipinski definition) is 6. The Labute approximate surface area is 224 Å². The molecule has 2 N–H and O–H groups in total. The average Bonchev–Trinajstić information content (AvgIpc) is 3.47. The van der Waals surface area contributed by atoms with Crippen LogP contribution < -0.4 is 14.2 Å². The Morgan fingerprint density at radius 1 is 0.974 bits per heavy atom. The van der Waals surface area contributed by atoms with Crippen molar-refractivity contribution in [3.8, 4) is 17.2 Å². The number of aliphatic hydroxyl groups excluding tert-OH is 1. The number of carbonyl (C=O) groups excluding carboxylic acids is 2. The number of ether oxygens (including phenoxy) is 3. The largest absolute Gasteiger partial charge is 0.507 e. The highest BCUT2D eigenvalue weighted by atomic mass is 35.5. The van der Waals surface area contributed by atoms with E-state index in [-0.39, 0.29) is 40.0 Å². The number of para-hydroxylation sites is 1. The molecular formula is C29H25ClN2O6. The van der Waals surface area contributed by atoms with Crippen LogP contribution in [0.5, 0.6) is 17.2 Å². The Morgan fingerprint density at radius 3 is 2.37 bits per heavy atom. The van der Waals surface area contributed by atoms with Gasteiger partial charge in [-0.3, -0.25) is 9.59 Å². The van der Waals surface area contributed by atoms with Crippen LogP contribution in [0.15, 0.2) is 72.4 Å². The fourth-order valence-electron chi connectivity index (χ4n) is 4.80. The predicted molar refractivity (Wildman–Crippen MR) is 144 cm³/mol. The number of Topliss-reactive ketones (excluding diaryl/α,β-unsaturated/α-hetero) is 1. The third-order valence-corrected chi connectivity index (χ3v) is 6.99. The summed E-state index contributed by atoms with van der Waals surface area (Å²) in [6.45, 7) is 0.136. The summed E-state index contributed by atoms with van der Waals surface area (Å²) in [5.74, 6) is -0.729. The summed E-state index contributed by atoms with van der Waals surface area (Å²) < 4.78 is 16.0. The van der Waals surface area contributed by atoms with E-state index in [0.29, 0.717) is 11.3 Å². The summed E-state index contributed by atoms with van der Waals surface area (Å²) in [4.78, 5) is 31.7. The second kappa shape index (κ2) is 10.1. The van der Waals surface area contributed by atoms with Crippen LogP contribution in [-0.2, 0) is 16.1 Å². The number of H-pyrrole nitrogens is 1. The minimum atomic E-state index is -0.875. The summed E-state index contributed by atoms with van der Waals surface area (Å²) in [5.41, 5.74) is 2.43. The summed E-state index contributed by atoms with van der Waals surface area (Å²) in [6.07, 6.45) is 1.76. The summed E-state index contributed by atoms with van der Waals surface area (Å²) in [6, 6.07) is 16.9. The van der Waals surface area contributed by atoms with Gasteiger partial charge in [0.15, 0.2) is 0 Å². The van der Waals surface area contributed by atoms with Gasteiger partial charge in [0.2, 0.25) is 0 Å². The third kappa shape index (κ3) is 4.22. The molecule has 1 aliphatic rings. The van der Waals surface area contributed by atoms with Crippen LogP contribution in [0.25, 0.3) is 16.7 Å². The van der Waals surface area contributed by atoms with E-state index in [0.717, 1.165) is 16.5 Å². The molecule has 0 aliphatic carbocycles. The summed E-state index contributed by atoms with van der Waals surface area (Å²) >= 11 is 6.26. The third-order valence-electron chi connectivity index (χ3n) is 6.70. The lowest BCUT2D eigenvalue weighted by atomic mass is 9.94. The fourth-order valence-corrected chi connectivity index (χ4v) is 5.04. The molecule has 0 bridgehead atoms. The van der Waals surface area contributed by atoms with Gasteiger partial charge in [0.1, 0.15) is 23.0 Å². The van der Waals surface area contributed by atoms with Crippen molar-refractivity contribution in [3.63, 3.8) is 0 Å². The van der Waals surface area contributed by atoms with E-state index in [4.69, 9.17) is 25.8 Å². The molecule has 1 unspecified atom stereocenters. The number of carbonyl (C=O) groups is 2. The first kappa shape index (κ1) is 25.2. The van der Waals surface area contributed by atoms with Gasteiger partial charge in [-0.2, -0.15) is 0 Å². The van der Waals surface area contributed by atoms with Crippen molar-refractivity contribution in [2.45, 2.75) is 12.6 Å². The number of nitrogens with zero attached hydrogens (tertiary/aromatic N) is 1. The minimum Gasteiger partial charge on any atom is -0.507 e. The monoisotopic (exact) mass is 532 g/mol. The topological polar surface area (TPSA) is 101 Å². The number of amides is 1. The van der Waals surface area contributed by atoms with Gasteiger partial charge in [0.25, 0.3) is 11.7 Å². The van der Waals surface area contributed by atoms with Gasteiger partial charge in [-0.15, -0.1) is 0 Å². The van der Waals surface area contributed by atoms with E-state index in [1.54, 1.807) is 25.4 Å². The Kier molecular flexibility index (Phi) is 6.73. The van der Waals surface area contributed by atoms with Gasteiger partial charge in [0, 0.05) is 35.3 Å². The van der Waals surface area contributed by atoms with Crippen molar-refractivity contribution in [1.82, 2.24) is 9.88 Å². The van der Waals surface area contributed by atoms with E-state index in [1.165, 1.54) is 31.3 Å². The lowest BCUT2D eigenvalue weighted by Crippen LogP contribution is -2.29. The van der Waals surface area contributed by atoms with Crippen molar-refractivity contribution in [3.05, 3.63) is 94.1 Å². The van der Waals surface area contributed by atoms with Gasteiger partial charge >= 0.3 is 0 Å². The Morgan fingerprint density at radius 2 is 1.68 bits per heavy atom. The van der Waals surface area contributed by atoms with Crippen molar-refractivity contribution >= 4 is 40.0 Å². The maximum atomic E-state index is 13.5. The van der Waals surface area contributed by atoms with Crippen LogP contribution in [0.1, 0.15) is 22.7 Å². The molecule has 0 saturated carbocycles. The molecule has 1 aliphatic heterocycles.